The molecule has 1 heterocycles. The third kappa shape index (κ3) is 4.46. The molecule has 0 saturated carbocycles. The summed E-state index contributed by atoms with van der Waals surface area (Å²) >= 11 is 0. The highest BCUT2D eigenvalue weighted by Crippen LogP contribution is 2.21. The first-order valence-electron chi connectivity index (χ1n) is 7.78. The van der Waals surface area contributed by atoms with Gasteiger partial charge in [-0.15, -0.1) is 0 Å². The molecular formula is C17H25NO3. The number of hydrogen-bond donors (Lipinski definition) is 1. The highest BCUT2D eigenvalue weighted by molar-refractivity contribution is 5.77. The number of piperidine rings is 1. The number of benzene rings is 1. The number of carbonyl (C=O) groups is 1. The zero-order valence-corrected chi connectivity index (χ0v) is 12.8. The lowest BCUT2D eigenvalue weighted by Gasteiger charge is -2.35. The Labute approximate surface area is 126 Å². The van der Waals surface area contributed by atoms with Gasteiger partial charge in [0, 0.05) is 25.6 Å². The van der Waals surface area contributed by atoms with E-state index in [0.717, 1.165) is 43.5 Å². The van der Waals surface area contributed by atoms with Gasteiger partial charge in [-0.2, -0.15) is 0 Å². The van der Waals surface area contributed by atoms with Crippen LogP contribution in [0.3, 0.4) is 0 Å². The van der Waals surface area contributed by atoms with E-state index in [1.54, 1.807) is 7.11 Å². The lowest BCUT2D eigenvalue weighted by Crippen LogP contribution is -2.44. The molecule has 0 radical (unpaired) electrons. The smallest absolute Gasteiger partial charge is 0.223 e. The summed E-state index contributed by atoms with van der Waals surface area (Å²) in [6, 6.07) is 8.10. The standard InChI is InChI=1S/C17H25NO3/c1-21-16-8-5-14(6-9-16)7-10-17(20)18-12-3-2-4-15(18)11-13-19/h5-6,8-9,15,19H,2-4,7,10-13H2,1H3. The van der Waals surface area contributed by atoms with Crippen LogP contribution in [-0.2, 0) is 11.2 Å². The summed E-state index contributed by atoms with van der Waals surface area (Å²) in [6.45, 7) is 0.999. The van der Waals surface area contributed by atoms with Crippen molar-refractivity contribution in [1.82, 2.24) is 4.90 Å². The van der Waals surface area contributed by atoms with Crippen molar-refractivity contribution in [3.8, 4) is 5.75 Å². The molecule has 0 bridgehead atoms. The lowest BCUT2D eigenvalue weighted by molar-refractivity contribution is -0.135. The minimum absolute atomic E-state index is 0.160. The summed E-state index contributed by atoms with van der Waals surface area (Å²) in [4.78, 5) is 14.4. The van der Waals surface area contributed by atoms with Gasteiger partial charge in [0.1, 0.15) is 5.75 Å². The van der Waals surface area contributed by atoms with E-state index in [4.69, 9.17) is 9.84 Å². The van der Waals surface area contributed by atoms with Crippen molar-refractivity contribution in [2.45, 2.75) is 44.6 Å². The number of aliphatic hydroxyl groups is 1. The monoisotopic (exact) mass is 291 g/mol. The highest BCUT2D eigenvalue weighted by atomic mass is 16.5. The van der Waals surface area contributed by atoms with E-state index in [1.807, 2.05) is 29.2 Å². The van der Waals surface area contributed by atoms with Crippen LogP contribution in [0.1, 0.15) is 37.7 Å². The number of ether oxygens (including phenoxy) is 1. The molecule has 4 heteroatoms. The Hall–Kier alpha value is -1.55. The summed E-state index contributed by atoms with van der Waals surface area (Å²) in [5.74, 6) is 1.05. The van der Waals surface area contributed by atoms with Gasteiger partial charge >= 0.3 is 0 Å². The van der Waals surface area contributed by atoms with Crippen LogP contribution in [0.4, 0.5) is 0 Å². The Balaban J connectivity index is 1.87. The number of methoxy groups -OCH3 is 1. The van der Waals surface area contributed by atoms with E-state index in [1.165, 1.54) is 0 Å². The van der Waals surface area contributed by atoms with Gasteiger partial charge in [0.05, 0.1) is 7.11 Å². The Morgan fingerprint density at radius 1 is 1.33 bits per heavy atom. The zero-order valence-electron chi connectivity index (χ0n) is 12.8. The van der Waals surface area contributed by atoms with Gasteiger partial charge in [-0.3, -0.25) is 4.79 Å². The van der Waals surface area contributed by atoms with Crippen LogP contribution in [0, 0.1) is 0 Å². The van der Waals surface area contributed by atoms with Gasteiger partial charge < -0.3 is 14.7 Å². The first-order valence-corrected chi connectivity index (χ1v) is 7.78. The molecule has 1 atom stereocenters. The molecule has 0 spiro atoms. The predicted molar refractivity (Wildman–Crippen MR) is 82.4 cm³/mol. The zero-order chi connectivity index (χ0) is 15.1. The molecular weight excluding hydrogens is 266 g/mol. The van der Waals surface area contributed by atoms with Gasteiger partial charge in [-0.25, -0.2) is 0 Å². The normalized spacial score (nSPS) is 18.6. The molecule has 1 aliphatic rings. The minimum atomic E-state index is 0.160. The quantitative estimate of drug-likeness (QED) is 0.875. The number of carbonyl (C=O) groups excluding carboxylic acids is 1. The van der Waals surface area contributed by atoms with Crippen molar-refractivity contribution in [3.63, 3.8) is 0 Å². The number of amides is 1. The molecule has 0 aromatic heterocycles. The second-order valence-electron chi connectivity index (χ2n) is 5.60. The number of nitrogens with zero attached hydrogens (tertiary/aromatic N) is 1. The maximum atomic E-state index is 12.4. The molecule has 1 unspecified atom stereocenters. The fourth-order valence-corrected chi connectivity index (χ4v) is 2.97. The molecule has 1 fully saturated rings. The van der Waals surface area contributed by atoms with Crippen LogP contribution in [0.25, 0.3) is 0 Å². The molecule has 2 rings (SSSR count). The fourth-order valence-electron chi connectivity index (χ4n) is 2.97. The number of likely N-dealkylation sites (tertiary alicyclic amines) is 1. The van der Waals surface area contributed by atoms with Crippen LogP contribution >= 0.6 is 0 Å². The van der Waals surface area contributed by atoms with Crippen molar-refractivity contribution < 1.29 is 14.6 Å². The number of aliphatic hydroxyl groups excluding tert-OH is 1. The number of hydrogen-bond acceptors (Lipinski definition) is 3. The largest absolute Gasteiger partial charge is 0.497 e. The topological polar surface area (TPSA) is 49.8 Å². The Morgan fingerprint density at radius 2 is 2.10 bits per heavy atom. The molecule has 0 aliphatic carbocycles. The average molecular weight is 291 g/mol. The van der Waals surface area contributed by atoms with Crippen LogP contribution < -0.4 is 4.74 Å². The molecule has 1 N–H and O–H groups in total. The first kappa shape index (κ1) is 15.8. The van der Waals surface area contributed by atoms with Gasteiger partial charge in [0.25, 0.3) is 0 Å². The third-order valence-corrected chi connectivity index (χ3v) is 4.20. The van der Waals surface area contributed by atoms with Crippen LogP contribution in [0.2, 0.25) is 0 Å². The molecule has 1 aromatic rings. The first-order chi connectivity index (χ1) is 10.2. The Morgan fingerprint density at radius 3 is 2.76 bits per heavy atom. The van der Waals surface area contributed by atoms with Gasteiger partial charge in [0.2, 0.25) is 5.91 Å². The van der Waals surface area contributed by atoms with Gasteiger partial charge in [-0.05, 0) is 49.8 Å². The van der Waals surface area contributed by atoms with E-state index in [2.05, 4.69) is 0 Å². The Kier molecular flexibility index (Phi) is 6.05. The average Bonchev–Trinajstić information content (AvgIpc) is 2.54. The van der Waals surface area contributed by atoms with E-state index in [0.29, 0.717) is 12.8 Å². The molecule has 4 nitrogen and oxygen atoms in total. The van der Waals surface area contributed by atoms with Crippen molar-refractivity contribution >= 4 is 5.91 Å². The summed E-state index contributed by atoms with van der Waals surface area (Å²) in [5, 5.41) is 9.13. The summed E-state index contributed by atoms with van der Waals surface area (Å²) < 4.78 is 5.13. The fraction of sp³-hybridized carbons (Fsp3) is 0.588. The second-order valence-corrected chi connectivity index (χ2v) is 5.60. The second kappa shape index (κ2) is 8.03. The van der Waals surface area contributed by atoms with E-state index in [9.17, 15) is 4.79 Å². The van der Waals surface area contributed by atoms with Crippen molar-refractivity contribution in [2.75, 3.05) is 20.3 Å². The highest BCUT2D eigenvalue weighted by Gasteiger charge is 2.25. The van der Waals surface area contributed by atoms with Crippen LogP contribution in [-0.4, -0.2) is 42.2 Å². The van der Waals surface area contributed by atoms with Crippen molar-refractivity contribution in [2.24, 2.45) is 0 Å². The molecule has 1 aliphatic heterocycles. The van der Waals surface area contributed by atoms with E-state index in [-0.39, 0.29) is 18.6 Å². The SMILES string of the molecule is COc1ccc(CCC(=O)N2CCCCC2CCO)cc1. The molecule has 21 heavy (non-hydrogen) atoms. The molecule has 1 saturated heterocycles. The van der Waals surface area contributed by atoms with E-state index >= 15 is 0 Å². The number of rotatable bonds is 6. The summed E-state index contributed by atoms with van der Waals surface area (Å²) in [5.41, 5.74) is 1.15. The van der Waals surface area contributed by atoms with E-state index < -0.39 is 0 Å². The van der Waals surface area contributed by atoms with Crippen LogP contribution in [0.5, 0.6) is 5.75 Å². The summed E-state index contributed by atoms with van der Waals surface area (Å²) in [6.07, 6.45) is 5.26. The molecule has 1 amide bonds. The molecule has 1 aromatic carbocycles. The van der Waals surface area contributed by atoms with Gasteiger partial charge in [0.15, 0.2) is 0 Å². The predicted octanol–water partition coefficient (Wildman–Crippen LogP) is 2.39. The summed E-state index contributed by atoms with van der Waals surface area (Å²) in [7, 11) is 1.65. The number of aryl methyl sites for hydroxylation is 1. The maximum absolute atomic E-state index is 12.4. The third-order valence-electron chi connectivity index (χ3n) is 4.20. The van der Waals surface area contributed by atoms with Crippen molar-refractivity contribution in [1.29, 1.82) is 0 Å². The maximum Gasteiger partial charge on any atom is 0.223 e. The molecule has 116 valence electrons. The van der Waals surface area contributed by atoms with Crippen molar-refractivity contribution in [3.05, 3.63) is 29.8 Å². The minimum Gasteiger partial charge on any atom is -0.497 e. The van der Waals surface area contributed by atoms with Gasteiger partial charge in [-0.1, -0.05) is 12.1 Å². The van der Waals surface area contributed by atoms with Crippen LogP contribution in [0.15, 0.2) is 24.3 Å². The lowest BCUT2D eigenvalue weighted by atomic mass is 9.98. The Bertz CT molecular complexity index is 442.